The largest absolute Gasteiger partial charge is 0.339 e. The van der Waals surface area contributed by atoms with Crippen molar-refractivity contribution >= 4 is 11.8 Å². The van der Waals surface area contributed by atoms with Crippen molar-refractivity contribution in [3.63, 3.8) is 0 Å². The van der Waals surface area contributed by atoms with Crippen LogP contribution in [0.4, 0.5) is 0 Å². The average molecular weight is 223 g/mol. The van der Waals surface area contributed by atoms with E-state index < -0.39 is 0 Å². The van der Waals surface area contributed by atoms with Gasteiger partial charge in [-0.3, -0.25) is 9.59 Å². The molecule has 0 aromatic carbocycles. The van der Waals surface area contributed by atoms with E-state index >= 15 is 0 Å². The lowest BCUT2D eigenvalue weighted by atomic mass is 10.2. The zero-order chi connectivity index (χ0) is 12.0. The molecule has 0 radical (unpaired) electrons. The Hall–Kier alpha value is -1.57. The number of hydrogen-bond acceptors (Lipinski definition) is 3. The average Bonchev–Trinajstić information content (AvgIpc) is 2.30. The third-order valence-electron chi connectivity index (χ3n) is 2.68. The normalized spacial score (nSPS) is 15.8. The summed E-state index contributed by atoms with van der Waals surface area (Å²) >= 11 is 0. The second kappa shape index (κ2) is 6.11. The van der Waals surface area contributed by atoms with Crippen LogP contribution in [0, 0.1) is 11.3 Å². The summed E-state index contributed by atoms with van der Waals surface area (Å²) in [6.45, 7) is 4.27. The van der Waals surface area contributed by atoms with Crippen molar-refractivity contribution in [1.29, 1.82) is 5.26 Å². The number of amides is 2. The minimum absolute atomic E-state index is 0.0666. The van der Waals surface area contributed by atoms with E-state index in [1.54, 1.807) is 9.80 Å². The van der Waals surface area contributed by atoms with E-state index in [9.17, 15) is 9.59 Å². The van der Waals surface area contributed by atoms with E-state index in [1.807, 2.05) is 13.0 Å². The first-order valence-electron chi connectivity index (χ1n) is 5.61. The molecule has 0 aromatic rings. The molecule has 0 saturated carbocycles. The molecule has 1 saturated heterocycles. The summed E-state index contributed by atoms with van der Waals surface area (Å²) < 4.78 is 0. The maximum atomic E-state index is 11.6. The number of rotatable bonds is 3. The maximum absolute atomic E-state index is 11.6. The van der Waals surface area contributed by atoms with Crippen LogP contribution in [0.1, 0.15) is 26.2 Å². The van der Waals surface area contributed by atoms with Crippen molar-refractivity contribution < 1.29 is 9.59 Å². The van der Waals surface area contributed by atoms with Gasteiger partial charge in [0, 0.05) is 32.6 Å². The highest BCUT2D eigenvalue weighted by Gasteiger charge is 2.22. The number of carbonyl (C=O) groups is 2. The first-order chi connectivity index (χ1) is 7.69. The van der Waals surface area contributed by atoms with E-state index in [1.165, 1.54) is 0 Å². The van der Waals surface area contributed by atoms with Gasteiger partial charge in [-0.2, -0.15) is 5.26 Å². The number of carbonyl (C=O) groups excluding carboxylic acids is 2. The van der Waals surface area contributed by atoms with Crippen LogP contribution in [-0.2, 0) is 9.59 Å². The third kappa shape index (κ3) is 3.23. The summed E-state index contributed by atoms with van der Waals surface area (Å²) in [6, 6.07) is 1.85. The maximum Gasteiger partial charge on any atom is 0.236 e. The molecule has 0 aromatic heterocycles. The minimum atomic E-state index is -0.134. The molecular weight excluding hydrogens is 206 g/mol. The van der Waals surface area contributed by atoms with Crippen LogP contribution < -0.4 is 0 Å². The van der Waals surface area contributed by atoms with Crippen molar-refractivity contribution in [1.82, 2.24) is 9.80 Å². The molecule has 1 fully saturated rings. The lowest BCUT2D eigenvalue weighted by molar-refractivity contribution is -0.139. The number of hydrogen-bond donors (Lipinski definition) is 0. The van der Waals surface area contributed by atoms with Gasteiger partial charge >= 0.3 is 0 Å². The topological polar surface area (TPSA) is 64.4 Å². The van der Waals surface area contributed by atoms with E-state index in [2.05, 4.69) is 0 Å². The van der Waals surface area contributed by atoms with Crippen molar-refractivity contribution in [3.8, 4) is 6.07 Å². The molecule has 0 bridgehead atoms. The fourth-order valence-corrected chi connectivity index (χ4v) is 1.76. The van der Waals surface area contributed by atoms with Gasteiger partial charge in [0.2, 0.25) is 11.8 Å². The Bertz CT molecular complexity index is 301. The first-order valence-corrected chi connectivity index (χ1v) is 5.61. The van der Waals surface area contributed by atoms with Crippen LogP contribution in [-0.4, -0.2) is 47.8 Å². The Morgan fingerprint density at radius 1 is 1.12 bits per heavy atom. The van der Waals surface area contributed by atoms with Crippen molar-refractivity contribution in [2.45, 2.75) is 26.2 Å². The highest BCUT2D eigenvalue weighted by atomic mass is 16.2. The Morgan fingerprint density at radius 2 is 1.62 bits per heavy atom. The zero-order valence-electron chi connectivity index (χ0n) is 9.61. The Kier molecular flexibility index (Phi) is 4.77. The van der Waals surface area contributed by atoms with Crippen molar-refractivity contribution in [2.24, 2.45) is 0 Å². The molecule has 2 amide bonds. The SMILES string of the molecule is CCCC(=O)N1CCN(C(=O)CC#N)CC1. The van der Waals surface area contributed by atoms with Gasteiger partial charge in [-0.15, -0.1) is 0 Å². The van der Waals surface area contributed by atoms with Crippen LogP contribution >= 0.6 is 0 Å². The van der Waals surface area contributed by atoms with Crippen LogP contribution in [0.2, 0.25) is 0 Å². The summed E-state index contributed by atoms with van der Waals surface area (Å²) in [5.74, 6) is 0.0278. The second-order valence-corrected chi connectivity index (χ2v) is 3.85. The van der Waals surface area contributed by atoms with Crippen LogP contribution in [0.15, 0.2) is 0 Å². The van der Waals surface area contributed by atoms with E-state index in [0.717, 1.165) is 6.42 Å². The molecule has 0 aliphatic carbocycles. The van der Waals surface area contributed by atoms with E-state index in [4.69, 9.17) is 5.26 Å². The smallest absolute Gasteiger partial charge is 0.236 e. The van der Waals surface area contributed by atoms with Gasteiger partial charge in [0.25, 0.3) is 0 Å². The van der Waals surface area contributed by atoms with Crippen LogP contribution in [0.3, 0.4) is 0 Å². The second-order valence-electron chi connectivity index (χ2n) is 3.85. The summed E-state index contributed by atoms with van der Waals surface area (Å²) in [4.78, 5) is 26.4. The monoisotopic (exact) mass is 223 g/mol. The number of nitriles is 1. The van der Waals surface area contributed by atoms with Crippen LogP contribution in [0.25, 0.3) is 0 Å². The fourth-order valence-electron chi connectivity index (χ4n) is 1.76. The molecule has 5 heteroatoms. The Balaban J connectivity index is 2.37. The van der Waals surface area contributed by atoms with Crippen molar-refractivity contribution in [3.05, 3.63) is 0 Å². The molecule has 0 N–H and O–H groups in total. The molecule has 16 heavy (non-hydrogen) atoms. The van der Waals surface area contributed by atoms with Gasteiger partial charge in [0.1, 0.15) is 6.42 Å². The van der Waals surface area contributed by atoms with Gasteiger partial charge in [0.05, 0.1) is 6.07 Å². The fraction of sp³-hybridized carbons (Fsp3) is 0.727. The molecule has 88 valence electrons. The van der Waals surface area contributed by atoms with Gasteiger partial charge in [-0.25, -0.2) is 0 Å². The Labute approximate surface area is 95.6 Å². The first kappa shape index (κ1) is 12.5. The molecule has 1 aliphatic rings. The van der Waals surface area contributed by atoms with Crippen LogP contribution in [0.5, 0.6) is 0 Å². The predicted molar refractivity (Wildman–Crippen MR) is 58.3 cm³/mol. The summed E-state index contributed by atoms with van der Waals surface area (Å²) in [6.07, 6.45) is 1.36. The molecule has 1 aliphatic heterocycles. The quantitative estimate of drug-likeness (QED) is 0.694. The number of nitrogens with zero attached hydrogens (tertiary/aromatic N) is 3. The molecule has 0 spiro atoms. The molecular formula is C11H17N3O2. The summed E-state index contributed by atoms with van der Waals surface area (Å²) in [5, 5.41) is 8.42. The molecule has 0 unspecified atom stereocenters. The third-order valence-corrected chi connectivity index (χ3v) is 2.68. The molecule has 0 atom stereocenters. The van der Waals surface area contributed by atoms with Crippen molar-refractivity contribution in [2.75, 3.05) is 26.2 Å². The zero-order valence-corrected chi connectivity index (χ0v) is 9.61. The van der Waals surface area contributed by atoms with Gasteiger partial charge in [-0.1, -0.05) is 6.92 Å². The lowest BCUT2D eigenvalue weighted by Crippen LogP contribution is -2.50. The van der Waals surface area contributed by atoms with Gasteiger partial charge in [0.15, 0.2) is 0 Å². The van der Waals surface area contributed by atoms with Gasteiger partial charge < -0.3 is 9.80 Å². The number of piperazine rings is 1. The lowest BCUT2D eigenvalue weighted by Gasteiger charge is -2.34. The molecule has 1 rings (SSSR count). The predicted octanol–water partition coefficient (Wildman–Crippen LogP) is 0.371. The standard InChI is InChI=1S/C11H17N3O2/c1-2-3-10(15)13-6-8-14(9-7-13)11(16)4-5-12/h2-4,6-9H2,1H3. The molecule has 1 heterocycles. The Morgan fingerprint density at radius 3 is 2.06 bits per heavy atom. The van der Waals surface area contributed by atoms with Gasteiger partial charge in [-0.05, 0) is 6.42 Å². The highest BCUT2D eigenvalue weighted by Crippen LogP contribution is 2.06. The highest BCUT2D eigenvalue weighted by molar-refractivity contribution is 5.79. The van der Waals surface area contributed by atoms with E-state index in [0.29, 0.717) is 32.6 Å². The summed E-state index contributed by atoms with van der Waals surface area (Å²) in [7, 11) is 0. The summed E-state index contributed by atoms with van der Waals surface area (Å²) in [5.41, 5.74) is 0. The minimum Gasteiger partial charge on any atom is -0.339 e. The van der Waals surface area contributed by atoms with E-state index in [-0.39, 0.29) is 18.2 Å². The molecule has 5 nitrogen and oxygen atoms in total.